The molecule has 6 nitrogen and oxygen atoms in total. The number of anilines is 1. The molecule has 0 amide bonds. The number of pyridine rings is 1. The molecule has 80 valence electrons. The van der Waals surface area contributed by atoms with Gasteiger partial charge in [0.1, 0.15) is 12.4 Å². The van der Waals surface area contributed by atoms with Crippen molar-refractivity contribution >= 4 is 17.7 Å². The molecule has 0 atom stereocenters. The lowest BCUT2D eigenvalue weighted by atomic mass is 10.3. The van der Waals surface area contributed by atoms with Crippen LogP contribution >= 0.6 is 0 Å². The number of aliphatic carboxylic acids is 1. The monoisotopic (exact) mass is 208 g/mol. The molecule has 0 saturated heterocycles. The number of nitrogens with two attached hydrogens (primary N) is 1. The van der Waals surface area contributed by atoms with Crippen molar-refractivity contribution in [3.05, 3.63) is 23.9 Å². The highest BCUT2D eigenvalue weighted by Gasteiger charge is 2.00. The smallest absolute Gasteiger partial charge is 0.325 e. The minimum atomic E-state index is -1.03. The van der Waals surface area contributed by atoms with Crippen LogP contribution in [0.3, 0.4) is 0 Å². The fourth-order valence-electron chi connectivity index (χ4n) is 0.930. The van der Waals surface area contributed by atoms with Gasteiger partial charge in [-0.05, 0) is 18.6 Å². The van der Waals surface area contributed by atoms with Gasteiger partial charge < -0.3 is 16.2 Å². The number of carbonyl (C=O) groups is 1. The van der Waals surface area contributed by atoms with Crippen LogP contribution in [0.2, 0.25) is 0 Å². The van der Waals surface area contributed by atoms with Crippen LogP contribution in [0.15, 0.2) is 23.3 Å². The summed E-state index contributed by atoms with van der Waals surface area (Å²) in [6, 6.07) is 3.66. The summed E-state index contributed by atoms with van der Waals surface area (Å²) in [5.74, 6) is -0.416. The maximum atomic E-state index is 10.2. The van der Waals surface area contributed by atoms with Gasteiger partial charge in [0.15, 0.2) is 5.96 Å². The van der Waals surface area contributed by atoms with Crippen LogP contribution in [0.4, 0.5) is 5.82 Å². The average molecular weight is 208 g/mol. The Morgan fingerprint density at radius 2 is 2.47 bits per heavy atom. The van der Waals surface area contributed by atoms with Crippen molar-refractivity contribution < 1.29 is 9.90 Å². The molecule has 1 rings (SSSR count). The topological polar surface area (TPSA) is 101 Å². The molecule has 1 aromatic heterocycles. The van der Waals surface area contributed by atoms with Crippen LogP contribution in [-0.4, -0.2) is 28.6 Å². The van der Waals surface area contributed by atoms with Crippen LogP contribution in [-0.2, 0) is 4.79 Å². The van der Waals surface area contributed by atoms with E-state index in [1.54, 1.807) is 12.3 Å². The molecule has 0 bridgehead atoms. The van der Waals surface area contributed by atoms with E-state index in [2.05, 4.69) is 15.3 Å². The third kappa shape index (κ3) is 3.63. The van der Waals surface area contributed by atoms with E-state index in [9.17, 15) is 4.79 Å². The first-order chi connectivity index (χ1) is 7.09. The van der Waals surface area contributed by atoms with Gasteiger partial charge in [-0.15, -0.1) is 0 Å². The number of aliphatic imine (C=N–C) groups is 1. The molecule has 4 N–H and O–H groups in total. The Morgan fingerprint density at radius 3 is 3.07 bits per heavy atom. The Morgan fingerprint density at radius 1 is 1.73 bits per heavy atom. The second kappa shape index (κ2) is 4.94. The SMILES string of the molecule is Cc1cccnc1NC(N)=NCC(=O)O. The lowest BCUT2D eigenvalue weighted by molar-refractivity contribution is -0.135. The van der Waals surface area contributed by atoms with Crippen molar-refractivity contribution in [2.24, 2.45) is 10.7 Å². The highest BCUT2D eigenvalue weighted by atomic mass is 16.4. The van der Waals surface area contributed by atoms with Crippen LogP contribution < -0.4 is 11.1 Å². The third-order valence-corrected chi connectivity index (χ3v) is 1.64. The molecular weight excluding hydrogens is 196 g/mol. The maximum absolute atomic E-state index is 10.2. The highest BCUT2D eigenvalue weighted by molar-refractivity contribution is 5.93. The number of nitrogens with one attached hydrogen (secondary N) is 1. The van der Waals surface area contributed by atoms with E-state index in [1.165, 1.54) is 0 Å². The molecule has 0 radical (unpaired) electrons. The number of nitrogens with zero attached hydrogens (tertiary/aromatic N) is 2. The first kappa shape index (κ1) is 11.0. The van der Waals surface area contributed by atoms with Crippen LogP contribution in [0, 0.1) is 6.92 Å². The van der Waals surface area contributed by atoms with Gasteiger partial charge in [0.25, 0.3) is 0 Å². The number of aromatic nitrogens is 1. The molecule has 0 aromatic carbocycles. The molecule has 15 heavy (non-hydrogen) atoms. The molecule has 6 heteroatoms. The van der Waals surface area contributed by atoms with Crippen molar-refractivity contribution in [2.75, 3.05) is 11.9 Å². The summed E-state index contributed by atoms with van der Waals surface area (Å²) in [7, 11) is 0. The fourth-order valence-corrected chi connectivity index (χ4v) is 0.930. The first-order valence-corrected chi connectivity index (χ1v) is 4.30. The van der Waals surface area contributed by atoms with Crippen molar-refractivity contribution in [3.8, 4) is 0 Å². The largest absolute Gasteiger partial charge is 0.480 e. The highest BCUT2D eigenvalue weighted by Crippen LogP contribution is 2.07. The second-order valence-electron chi connectivity index (χ2n) is 2.89. The predicted molar refractivity (Wildman–Crippen MR) is 56.7 cm³/mol. The predicted octanol–water partition coefficient (Wildman–Crippen LogP) is 0.201. The van der Waals surface area contributed by atoms with Crippen LogP contribution in [0.1, 0.15) is 5.56 Å². The fraction of sp³-hybridized carbons (Fsp3) is 0.222. The van der Waals surface area contributed by atoms with Gasteiger partial charge in [-0.1, -0.05) is 6.07 Å². The van der Waals surface area contributed by atoms with E-state index in [4.69, 9.17) is 10.8 Å². The summed E-state index contributed by atoms with van der Waals surface area (Å²) < 4.78 is 0. The Hall–Kier alpha value is -2.11. The second-order valence-corrected chi connectivity index (χ2v) is 2.89. The molecule has 0 unspecified atom stereocenters. The molecule has 0 aliphatic heterocycles. The third-order valence-electron chi connectivity index (χ3n) is 1.64. The van der Waals surface area contributed by atoms with Crippen molar-refractivity contribution in [1.82, 2.24) is 4.98 Å². The van der Waals surface area contributed by atoms with E-state index in [-0.39, 0.29) is 12.5 Å². The zero-order valence-corrected chi connectivity index (χ0v) is 8.27. The Bertz CT molecular complexity index is 389. The molecule has 1 heterocycles. The lowest BCUT2D eigenvalue weighted by Gasteiger charge is -2.06. The number of aryl methyl sites for hydroxylation is 1. The number of hydrogen-bond acceptors (Lipinski definition) is 3. The number of carboxylic acids is 1. The summed E-state index contributed by atoms with van der Waals surface area (Å²) in [6.07, 6.45) is 1.61. The molecule has 0 saturated carbocycles. The van der Waals surface area contributed by atoms with E-state index in [0.29, 0.717) is 5.82 Å². The van der Waals surface area contributed by atoms with Gasteiger partial charge >= 0.3 is 5.97 Å². The van der Waals surface area contributed by atoms with Crippen molar-refractivity contribution in [3.63, 3.8) is 0 Å². The van der Waals surface area contributed by atoms with E-state index < -0.39 is 5.97 Å². The van der Waals surface area contributed by atoms with E-state index in [0.717, 1.165) is 5.56 Å². The summed E-state index contributed by atoms with van der Waals surface area (Å²) in [6.45, 7) is 1.50. The van der Waals surface area contributed by atoms with Crippen LogP contribution in [0.5, 0.6) is 0 Å². The average Bonchev–Trinajstić information content (AvgIpc) is 2.18. The number of hydrogen-bond donors (Lipinski definition) is 3. The van der Waals surface area contributed by atoms with Gasteiger partial charge in [-0.25, -0.2) is 9.98 Å². The quantitative estimate of drug-likeness (QED) is 0.486. The molecule has 0 spiro atoms. The summed E-state index contributed by atoms with van der Waals surface area (Å²) in [5, 5.41) is 11.1. The molecule has 0 fully saturated rings. The molecule has 1 aromatic rings. The molecule has 0 aliphatic carbocycles. The van der Waals surface area contributed by atoms with E-state index in [1.807, 2.05) is 13.0 Å². The summed E-state index contributed by atoms with van der Waals surface area (Å²) in [5.41, 5.74) is 6.37. The zero-order valence-electron chi connectivity index (χ0n) is 8.27. The van der Waals surface area contributed by atoms with Gasteiger partial charge in [0, 0.05) is 6.20 Å². The Balaban J connectivity index is 2.66. The van der Waals surface area contributed by atoms with Crippen molar-refractivity contribution in [1.29, 1.82) is 0 Å². The van der Waals surface area contributed by atoms with Gasteiger partial charge in [0.05, 0.1) is 0 Å². The summed E-state index contributed by atoms with van der Waals surface area (Å²) in [4.78, 5) is 17.8. The maximum Gasteiger partial charge on any atom is 0.325 e. The minimum absolute atomic E-state index is 0.0409. The Labute approximate surface area is 86.9 Å². The number of carboxylic acid groups (broad SMARTS) is 1. The van der Waals surface area contributed by atoms with Gasteiger partial charge in [-0.2, -0.15) is 0 Å². The van der Waals surface area contributed by atoms with Crippen molar-refractivity contribution in [2.45, 2.75) is 6.92 Å². The summed E-state index contributed by atoms with van der Waals surface area (Å²) >= 11 is 0. The first-order valence-electron chi connectivity index (χ1n) is 4.30. The normalized spacial score (nSPS) is 11.1. The number of rotatable bonds is 3. The lowest BCUT2D eigenvalue weighted by Crippen LogP contribution is -2.24. The standard InChI is InChI=1S/C9H12N4O2/c1-6-3-2-4-11-8(6)13-9(10)12-5-7(14)15/h2-4H,5H2,1H3,(H,14,15)(H3,10,11,12,13). The Kier molecular flexibility index (Phi) is 3.61. The van der Waals surface area contributed by atoms with E-state index >= 15 is 0 Å². The zero-order chi connectivity index (χ0) is 11.3. The molecule has 0 aliphatic rings. The minimum Gasteiger partial charge on any atom is -0.480 e. The van der Waals surface area contributed by atoms with Crippen LogP contribution in [0.25, 0.3) is 0 Å². The molecular formula is C9H12N4O2. The number of guanidine groups is 1. The van der Waals surface area contributed by atoms with Gasteiger partial charge in [-0.3, -0.25) is 4.79 Å². The van der Waals surface area contributed by atoms with Gasteiger partial charge in [0.2, 0.25) is 0 Å².